The van der Waals surface area contributed by atoms with E-state index in [4.69, 9.17) is 0 Å². The first-order valence-corrected chi connectivity index (χ1v) is 10.0. The Kier molecular flexibility index (Phi) is 5.21. The van der Waals surface area contributed by atoms with Gasteiger partial charge in [0.1, 0.15) is 0 Å². The summed E-state index contributed by atoms with van der Waals surface area (Å²) in [6, 6.07) is 18.1. The van der Waals surface area contributed by atoms with Gasteiger partial charge in [-0.15, -0.1) is 0 Å². The van der Waals surface area contributed by atoms with Gasteiger partial charge in [-0.05, 0) is 37.5 Å². The van der Waals surface area contributed by atoms with Crippen molar-refractivity contribution in [2.45, 2.75) is 31.6 Å². The van der Waals surface area contributed by atoms with Crippen LogP contribution in [0.15, 0.2) is 54.6 Å². The molecule has 1 saturated heterocycles. The molecule has 2 aromatic rings. The fourth-order valence-electron chi connectivity index (χ4n) is 3.30. The third kappa shape index (κ3) is 4.36. The summed E-state index contributed by atoms with van der Waals surface area (Å²) in [5.74, 6) is 0.0345. The van der Waals surface area contributed by atoms with Crippen molar-refractivity contribution in [2.75, 3.05) is 18.0 Å². The minimum absolute atomic E-state index is 0.0345. The van der Waals surface area contributed by atoms with E-state index < -0.39 is 10.0 Å². The fourth-order valence-corrected chi connectivity index (χ4v) is 4.47. The van der Waals surface area contributed by atoms with Crippen LogP contribution in [0.5, 0.6) is 0 Å². The van der Waals surface area contributed by atoms with Crippen LogP contribution >= 0.6 is 0 Å². The number of hydrogen-bond donors (Lipinski definition) is 1. The summed E-state index contributed by atoms with van der Waals surface area (Å²) in [5, 5.41) is 0. The molecule has 0 spiro atoms. The molecule has 1 aliphatic rings. The zero-order chi connectivity index (χ0) is 17.0. The zero-order valence-corrected chi connectivity index (χ0v) is 14.8. The second kappa shape index (κ2) is 7.36. The van der Waals surface area contributed by atoms with E-state index in [-0.39, 0.29) is 11.8 Å². The van der Waals surface area contributed by atoms with Crippen LogP contribution in [0, 0.1) is 6.92 Å². The van der Waals surface area contributed by atoms with Crippen LogP contribution in [0.4, 0.5) is 5.69 Å². The number of para-hydroxylation sites is 1. The largest absolute Gasteiger partial charge is 0.367 e. The number of sulfonamides is 1. The van der Waals surface area contributed by atoms with E-state index in [0.29, 0.717) is 6.54 Å². The average Bonchev–Trinajstić information content (AvgIpc) is 3.02. The summed E-state index contributed by atoms with van der Waals surface area (Å²) in [7, 11) is -3.32. The van der Waals surface area contributed by atoms with Crippen LogP contribution in [0.1, 0.15) is 24.0 Å². The van der Waals surface area contributed by atoms with Crippen LogP contribution in [0.3, 0.4) is 0 Å². The molecular formula is C19H24N2O2S. The van der Waals surface area contributed by atoms with E-state index >= 15 is 0 Å². The number of benzene rings is 2. The lowest BCUT2D eigenvalue weighted by molar-refractivity contribution is 0.566. The monoisotopic (exact) mass is 344 g/mol. The number of anilines is 1. The fraction of sp³-hybridized carbons (Fsp3) is 0.368. The molecule has 0 radical (unpaired) electrons. The van der Waals surface area contributed by atoms with E-state index in [1.807, 2.05) is 49.4 Å². The predicted octanol–water partition coefficient (Wildman–Crippen LogP) is 3.08. The number of hydrogen-bond acceptors (Lipinski definition) is 3. The Bertz CT molecular complexity index is 775. The molecule has 128 valence electrons. The number of nitrogens with one attached hydrogen (secondary N) is 1. The molecule has 5 heteroatoms. The summed E-state index contributed by atoms with van der Waals surface area (Å²) in [5.41, 5.74) is 3.07. The quantitative estimate of drug-likeness (QED) is 0.876. The first-order valence-electron chi connectivity index (χ1n) is 8.38. The van der Waals surface area contributed by atoms with Crippen LogP contribution in [0.25, 0.3) is 0 Å². The topological polar surface area (TPSA) is 49.4 Å². The Morgan fingerprint density at radius 3 is 2.67 bits per heavy atom. The predicted molar refractivity (Wildman–Crippen MR) is 98.6 cm³/mol. The molecule has 2 aromatic carbocycles. The van der Waals surface area contributed by atoms with Gasteiger partial charge in [0.25, 0.3) is 0 Å². The van der Waals surface area contributed by atoms with Gasteiger partial charge in [-0.1, -0.05) is 48.0 Å². The summed E-state index contributed by atoms with van der Waals surface area (Å²) in [6.07, 6.45) is 2.11. The molecule has 1 fully saturated rings. The maximum atomic E-state index is 12.4. The van der Waals surface area contributed by atoms with E-state index in [1.54, 1.807) is 0 Å². The highest BCUT2D eigenvalue weighted by atomic mass is 32.2. The molecule has 1 aliphatic heterocycles. The maximum absolute atomic E-state index is 12.4. The molecule has 1 atom stereocenters. The zero-order valence-electron chi connectivity index (χ0n) is 14.0. The van der Waals surface area contributed by atoms with E-state index in [0.717, 1.165) is 36.2 Å². The van der Waals surface area contributed by atoms with Gasteiger partial charge in [-0.2, -0.15) is 0 Å². The van der Waals surface area contributed by atoms with Gasteiger partial charge in [0.05, 0.1) is 5.75 Å². The van der Waals surface area contributed by atoms with Crippen LogP contribution in [0.2, 0.25) is 0 Å². The Morgan fingerprint density at radius 2 is 1.92 bits per heavy atom. The van der Waals surface area contributed by atoms with Gasteiger partial charge in [0.15, 0.2) is 0 Å². The van der Waals surface area contributed by atoms with Crippen molar-refractivity contribution in [1.82, 2.24) is 4.72 Å². The Hall–Kier alpha value is -1.85. The second-order valence-corrected chi connectivity index (χ2v) is 8.23. The molecule has 0 aliphatic carbocycles. The lowest BCUT2D eigenvalue weighted by Crippen LogP contribution is -2.40. The van der Waals surface area contributed by atoms with Gasteiger partial charge in [0, 0.05) is 24.8 Å². The van der Waals surface area contributed by atoms with Crippen molar-refractivity contribution in [3.63, 3.8) is 0 Å². The van der Waals surface area contributed by atoms with Crippen LogP contribution in [-0.4, -0.2) is 27.5 Å². The van der Waals surface area contributed by atoms with Crippen molar-refractivity contribution < 1.29 is 8.42 Å². The molecule has 4 nitrogen and oxygen atoms in total. The molecule has 1 unspecified atom stereocenters. The molecule has 0 aromatic heterocycles. The van der Waals surface area contributed by atoms with Crippen molar-refractivity contribution in [3.05, 3.63) is 65.7 Å². The lowest BCUT2D eigenvalue weighted by Gasteiger charge is -2.27. The van der Waals surface area contributed by atoms with E-state index in [2.05, 4.69) is 21.8 Å². The van der Waals surface area contributed by atoms with Crippen LogP contribution < -0.4 is 9.62 Å². The Balaban J connectivity index is 1.61. The summed E-state index contributed by atoms with van der Waals surface area (Å²) < 4.78 is 27.6. The maximum Gasteiger partial charge on any atom is 0.215 e. The van der Waals surface area contributed by atoms with Crippen molar-refractivity contribution >= 4 is 15.7 Å². The average molecular weight is 344 g/mol. The molecule has 0 amide bonds. The van der Waals surface area contributed by atoms with Gasteiger partial charge in [0.2, 0.25) is 10.0 Å². The highest BCUT2D eigenvalue weighted by Gasteiger charge is 2.26. The standard InChI is InChI=1S/C19H24N2O2S/c1-16-7-5-8-17(13-16)15-24(22,23)20-14-19-11-6-12-21(19)18-9-3-2-4-10-18/h2-5,7-10,13,19-20H,6,11-12,14-15H2,1H3. The molecule has 3 rings (SSSR count). The van der Waals surface area contributed by atoms with Gasteiger partial charge in [-0.25, -0.2) is 13.1 Å². The first kappa shape index (κ1) is 17.0. The minimum atomic E-state index is -3.32. The Labute approximate surface area is 144 Å². The third-order valence-electron chi connectivity index (χ3n) is 4.44. The van der Waals surface area contributed by atoms with Gasteiger partial charge < -0.3 is 4.90 Å². The number of aryl methyl sites for hydroxylation is 1. The summed E-state index contributed by atoms with van der Waals surface area (Å²) in [4.78, 5) is 2.30. The molecular weight excluding hydrogens is 320 g/mol. The molecule has 1 N–H and O–H groups in total. The molecule has 0 bridgehead atoms. The summed E-state index contributed by atoms with van der Waals surface area (Å²) in [6.45, 7) is 3.41. The van der Waals surface area contributed by atoms with Gasteiger partial charge in [-0.3, -0.25) is 0 Å². The highest BCUT2D eigenvalue weighted by Crippen LogP contribution is 2.24. The molecule has 0 saturated carbocycles. The first-order chi connectivity index (χ1) is 11.5. The number of rotatable bonds is 6. The number of nitrogens with zero attached hydrogens (tertiary/aromatic N) is 1. The molecule has 24 heavy (non-hydrogen) atoms. The Morgan fingerprint density at radius 1 is 1.12 bits per heavy atom. The van der Waals surface area contributed by atoms with E-state index in [9.17, 15) is 8.42 Å². The molecule has 1 heterocycles. The lowest BCUT2D eigenvalue weighted by atomic mass is 10.2. The van der Waals surface area contributed by atoms with Crippen molar-refractivity contribution in [2.24, 2.45) is 0 Å². The minimum Gasteiger partial charge on any atom is -0.367 e. The van der Waals surface area contributed by atoms with Crippen LogP contribution in [-0.2, 0) is 15.8 Å². The second-order valence-electron chi connectivity index (χ2n) is 6.42. The smallest absolute Gasteiger partial charge is 0.215 e. The normalized spacial score (nSPS) is 18.0. The van der Waals surface area contributed by atoms with Crippen molar-refractivity contribution in [1.29, 1.82) is 0 Å². The van der Waals surface area contributed by atoms with E-state index in [1.165, 1.54) is 0 Å². The SMILES string of the molecule is Cc1cccc(CS(=O)(=O)NCC2CCCN2c2ccccc2)c1. The van der Waals surface area contributed by atoms with Crippen molar-refractivity contribution in [3.8, 4) is 0 Å². The third-order valence-corrected chi connectivity index (χ3v) is 5.76. The highest BCUT2D eigenvalue weighted by molar-refractivity contribution is 7.88. The van der Waals surface area contributed by atoms with Gasteiger partial charge >= 0.3 is 0 Å². The summed E-state index contributed by atoms with van der Waals surface area (Å²) >= 11 is 0.